The zero-order valence-electron chi connectivity index (χ0n) is 12.7. The lowest BCUT2D eigenvalue weighted by atomic mass is 10.0. The molecule has 1 heterocycles. The Hall–Kier alpha value is -0.130. The lowest BCUT2D eigenvalue weighted by Gasteiger charge is -2.34. The Morgan fingerprint density at radius 2 is 2.05 bits per heavy atom. The van der Waals surface area contributed by atoms with Gasteiger partial charge in [0.25, 0.3) is 0 Å². The van der Waals surface area contributed by atoms with E-state index in [0.717, 1.165) is 0 Å². The maximum atomic E-state index is 3.68. The molecule has 2 rings (SSSR count). The van der Waals surface area contributed by atoms with E-state index in [-0.39, 0.29) is 0 Å². The molecule has 1 aromatic carbocycles. The van der Waals surface area contributed by atoms with Gasteiger partial charge in [-0.15, -0.1) is 0 Å². The maximum Gasteiger partial charge on any atom is 0.0320 e. The average Bonchev–Trinajstić information content (AvgIpc) is 2.48. The number of nitrogens with zero attached hydrogens (tertiary/aromatic N) is 1. The van der Waals surface area contributed by atoms with Crippen LogP contribution in [0.15, 0.2) is 24.3 Å². The van der Waals surface area contributed by atoms with Crippen molar-refractivity contribution in [3.05, 3.63) is 33.4 Å². The standard InChI is InChI=1S/C17H27IN2/c1-3-12-20(13-17-6-4-5-11-19-17)14(2)15-7-9-16(18)10-8-15/h7-10,14,17,19H,3-6,11-13H2,1-2H3. The zero-order valence-corrected chi connectivity index (χ0v) is 14.9. The van der Waals surface area contributed by atoms with E-state index in [4.69, 9.17) is 0 Å². The molecule has 0 aromatic heterocycles. The molecule has 2 unspecified atom stereocenters. The van der Waals surface area contributed by atoms with Gasteiger partial charge in [0.2, 0.25) is 0 Å². The Labute approximate surface area is 137 Å². The second-order valence-corrected chi connectivity index (χ2v) is 7.11. The highest BCUT2D eigenvalue weighted by Crippen LogP contribution is 2.22. The number of benzene rings is 1. The van der Waals surface area contributed by atoms with Gasteiger partial charge in [-0.2, -0.15) is 0 Å². The second-order valence-electron chi connectivity index (χ2n) is 5.87. The first kappa shape index (κ1) is 16.2. The van der Waals surface area contributed by atoms with E-state index in [9.17, 15) is 0 Å². The number of nitrogens with one attached hydrogen (secondary N) is 1. The van der Waals surface area contributed by atoms with Gasteiger partial charge in [-0.3, -0.25) is 4.90 Å². The fourth-order valence-electron chi connectivity index (χ4n) is 3.05. The molecule has 1 aliphatic heterocycles. The summed E-state index contributed by atoms with van der Waals surface area (Å²) in [5, 5.41) is 3.68. The predicted octanol–water partition coefficient (Wildman–Crippen LogP) is 4.21. The van der Waals surface area contributed by atoms with Crippen LogP contribution >= 0.6 is 22.6 Å². The van der Waals surface area contributed by atoms with Crippen molar-refractivity contribution in [3.63, 3.8) is 0 Å². The van der Waals surface area contributed by atoms with Crippen LogP contribution in [0.2, 0.25) is 0 Å². The monoisotopic (exact) mass is 386 g/mol. The predicted molar refractivity (Wildman–Crippen MR) is 95.1 cm³/mol. The fraction of sp³-hybridized carbons (Fsp3) is 0.647. The molecule has 1 N–H and O–H groups in total. The Kier molecular flexibility index (Phi) is 6.78. The van der Waals surface area contributed by atoms with Crippen LogP contribution in [0.3, 0.4) is 0 Å². The van der Waals surface area contributed by atoms with Gasteiger partial charge in [0.05, 0.1) is 0 Å². The molecule has 1 aromatic rings. The van der Waals surface area contributed by atoms with Gasteiger partial charge in [0.15, 0.2) is 0 Å². The normalized spacial score (nSPS) is 21.1. The quantitative estimate of drug-likeness (QED) is 0.737. The second kappa shape index (κ2) is 8.35. The van der Waals surface area contributed by atoms with Crippen LogP contribution in [0, 0.1) is 3.57 Å². The van der Waals surface area contributed by atoms with E-state index in [1.165, 1.54) is 54.5 Å². The minimum Gasteiger partial charge on any atom is -0.313 e. The Morgan fingerprint density at radius 1 is 1.30 bits per heavy atom. The molecule has 0 amide bonds. The van der Waals surface area contributed by atoms with Crippen LogP contribution in [-0.4, -0.2) is 30.6 Å². The Bertz CT molecular complexity index is 384. The van der Waals surface area contributed by atoms with Crippen LogP contribution in [0.1, 0.15) is 51.1 Å². The average molecular weight is 386 g/mol. The van der Waals surface area contributed by atoms with Gasteiger partial charge in [-0.05, 0) is 79.6 Å². The van der Waals surface area contributed by atoms with Crippen molar-refractivity contribution >= 4 is 22.6 Å². The van der Waals surface area contributed by atoms with Crippen LogP contribution < -0.4 is 5.32 Å². The van der Waals surface area contributed by atoms with Gasteiger partial charge in [0, 0.05) is 22.2 Å². The van der Waals surface area contributed by atoms with Crippen molar-refractivity contribution in [1.29, 1.82) is 0 Å². The van der Waals surface area contributed by atoms with Gasteiger partial charge in [0.1, 0.15) is 0 Å². The zero-order chi connectivity index (χ0) is 14.4. The fourth-order valence-corrected chi connectivity index (χ4v) is 3.40. The molecule has 0 aliphatic carbocycles. The van der Waals surface area contributed by atoms with Gasteiger partial charge >= 0.3 is 0 Å². The molecule has 3 heteroatoms. The summed E-state index contributed by atoms with van der Waals surface area (Å²) in [6, 6.07) is 10.2. The summed E-state index contributed by atoms with van der Waals surface area (Å²) in [6.07, 6.45) is 5.29. The molecular formula is C17H27IN2. The maximum absolute atomic E-state index is 3.68. The number of rotatable bonds is 6. The molecule has 1 fully saturated rings. The van der Waals surface area contributed by atoms with E-state index in [1.54, 1.807) is 0 Å². The molecular weight excluding hydrogens is 359 g/mol. The highest BCUT2D eigenvalue weighted by molar-refractivity contribution is 14.1. The van der Waals surface area contributed by atoms with Crippen molar-refractivity contribution in [2.24, 2.45) is 0 Å². The molecule has 0 saturated carbocycles. The molecule has 1 aliphatic rings. The summed E-state index contributed by atoms with van der Waals surface area (Å²) in [7, 11) is 0. The first-order chi connectivity index (χ1) is 9.70. The summed E-state index contributed by atoms with van der Waals surface area (Å²) in [5.41, 5.74) is 1.44. The Balaban J connectivity index is 2.00. The van der Waals surface area contributed by atoms with Crippen LogP contribution in [0.25, 0.3) is 0 Å². The third-order valence-corrected chi connectivity index (χ3v) is 5.00. The summed E-state index contributed by atoms with van der Waals surface area (Å²) in [4.78, 5) is 2.64. The molecule has 2 atom stereocenters. The Morgan fingerprint density at radius 3 is 2.65 bits per heavy atom. The smallest absolute Gasteiger partial charge is 0.0320 e. The van der Waals surface area contributed by atoms with Crippen molar-refractivity contribution in [2.75, 3.05) is 19.6 Å². The van der Waals surface area contributed by atoms with E-state index in [0.29, 0.717) is 12.1 Å². The number of hydrogen-bond acceptors (Lipinski definition) is 2. The highest BCUT2D eigenvalue weighted by Gasteiger charge is 2.20. The van der Waals surface area contributed by atoms with Crippen molar-refractivity contribution in [3.8, 4) is 0 Å². The number of piperidine rings is 1. The topological polar surface area (TPSA) is 15.3 Å². The van der Waals surface area contributed by atoms with Crippen LogP contribution in [0.4, 0.5) is 0 Å². The third kappa shape index (κ3) is 4.71. The van der Waals surface area contributed by atoms with E-state index in [2.05, 4.69) is 70.9 Å². The van der Waals surface area contributed by atoms with Gasteiger partial charge in [-0.25, -0.2) is 0 Å². The van der Waals surface area contributed by atoms with Crippen LogP contribution in [0.5, 0.6) is 0 Å². The molecule has 20 heavy (non-hydrogen) atoms. The SMILES string of the molecule is CCCN(CC1CCCCN1)C(C)c1ccc(I)cc1. The molecule has 1 saturated heterocycles. The van der Waals surface area contributed by atoms with Crippen molar-refractivity contribution in [1.82, 2.24) is 10.2 Å². The van der Waals surface area contributed by atoms with E-state index in [1.807, 2.05) is 0 Å². The van der Waals surface area contributed by atoms with Crippen LogP contribution in [-0.2, 0) is 0 Å². The van der Waals surface area contributed by atoms with Crippen molar-refractivity contribution < 1.29 is 0 Å². The number of halogens is 1. The first-order valence-corrected chi connectivity index (χ1v) is 9.01. The van der Waals surface area contributed by atoms with Crippen molar-refractivity contribution in [2.45, 2.75) is 51.6 Å². The molecule has 112 valence electrons. The lowest BCUT2D eigenvalue weighted by Crippen LogP contribution is -2.44. The molecule has 0 radical (unpaired) electrons. The highest BCUT2D eigenvalue weighted by atomic mass is 127. The lowest BCUT2D eigenvalue weighted by molar-refractivity contribution is 0.176. The summed E-state index contributed by atoms with van der Waals surface area (Å²) < 4.78 is 1.31. The van der Waals surface area contributed by atoms with Gasteiger partial charge < -0.3 is 5.32 Å². The molecule has 2 nitrogen and oxygen atoms in total. The van der Waals surface area contributed by atoms with E-state index < -0.39 is 0 Å². The van der Waals surface area contributed by atoms with E-state index >= 15 is 0 Å². The number of hydrogen-bond donors (Lipinski definition) is 1. The van der Waals surface area contributed by atoms with Gasteiger partial charge in [-0.1, -0.05) is 25.5 Å². The molecule has 0 bridgehead atoms. The third-order valence-electron chi connectivity index (χ3n) is 4.28. The summed E-state index contributed by atoms with van der Waals surface area (Å²) >= 11 is 2.37. The summed E-state index contributed by atoms with van der Waals surface area (Å²) in [6.45, 7) is 8.19. The minimum absolute atomic E-state index is 0.510. The minimum atomic E-state index is 0.510. The summed E-state index contributed by atoms with van der Waals surface area (Å²) in [5.74, 6) is 0. The molecule has 0 spiro atoms. The first-order valence-electron chi connectivity index (χ1n) is 7.93. The largest absolute Gasteiger partial charge is 0.313 e.